The topological polar surface area (TPSA) is 111 Å². The van der Waals surface area contributed by atoms with Gasteiger partial charge >= 0.3 is 6.01 Å². The number of nitrogens with one attached hydrogen (secondary N) is 1. The van der Waals surface area contributed by atoms with Crippen molar-refractivity contribution in [2.75, 3.05) is 10.5 Å². The lowest BCUT2D eigenvalue weighted by Crippen LogP contribution is -2.13. The van der Waals surface area contributed by atoms with Gasteiger partial charge in [0.1, 0.15) is 0 Å². The number of aromatic nitrogens is 2. The summed E-state index contributed by atoms with van der Waals surface area (Å²) in [6, 6.07) is 4.29. The van der Waals surface area contributed by atoms with E-state index in [1.165, 1.54) is 12.1 Å². The van der Waals surface area contributed by atoms with Crippen molar-refractivity contribution in [1.29, 1.82) is 0 Å². The number of nitrogens with two attached hydrogens (primary N) is 1. The smallest absolute Gasteiger partial charge is 0.335 e. The Balaban J connectivity index is 2.33. The fourth-order valence-electron chi connectivity index (χ4n) is 1.30. The molecular weight excluding hydrogens is 256 g/mol. The third-order valence-corrected chi connectivity index (χ3v) is 3.63. The number of aryl methyl sites for hydroxylation is 2. The molecule has 0 aliphatic rings. The van der Waals surface area contributed by atoms with Crippen LogP contribution in [0.25, 0.3) is 0 Å². The van der Waals surface area contributed by atoms with Crippen LogP contribution in [0.1, 0.15) is 11.4 Å². The number of rotatable bonds is 3. The standard InChI is InChI=1S/C10H12N4O3S/c1-6-3-4-8(5-9(6)11)18(15,16)14-10-12-7(2)13-17-10/h3-5H,11H2,1-2H3,(H,12,13,14). The van der Waals surface area contributed by atoms with Crippen LogP contribution in [0.5, 0.6) is 0 Å². The first kappa shape index (κ1) is 12.4. The Hall–Kier alpha value is -2.09. The molecule has 0 bridgehead atoms. The first-order valence-electron chi connectivity index (χ1n) is 5.08. The van der Waals surface area contributed by atoms with Crippen LogP contribution in [0.15, 0.2) is 27.6 Å². The SMILES string of the molecule is Cc1noc(NS(=O)(=O)c2ccc(C)c(N)c2)n1. The summed E-state index contributed by atoms with van der Waals surface area (Å²) in [5.74, 6) is 0.344. The molecule has 0 aliphatic carbocycles. The summed E-state index contributed by atoms with van der Waals surface area (Å²) in [4.78, 5) is 3.81. The van der Waals surface area contributed by atoms with Crippen molar-refractivity contribution in [3.63, 3.8) is 0 Å². The second-order valence-electron chi connectivity index (χ2n) is 3.77. The molecule has 0 atom stereocenters. The van der Waals surface area contributed by atoms with E-state index in [0.717, 1.165) is 5.56 Å². The van der Waals surface area contributed by atoms with Crippen molar-refractivity contribution >= 4 is 21.7 Å². The van der Waals surface area contributed by atoms with Gasteiger partial charge in [0.2, 0.25) is 0 Å². The summed E-state index contributed by atoms with van der Waals surface area (Å²) < 4.78 is 30.8. The van der Waals surface area contributed by atoms with E-state index in [2.05, 4.69) is 14.9 Å². The predicted molar refractivity (Wildman–Crippen MR) is 65.4 cm³/mol. The van der Waals surface area contributed by atoms with Crippen molar-refractivity contribution in [2.45, 2.75) is 18.7 Å². The molecule has 0 amide bonds. The molecule has 8 heteroatoms. The number of sulfonamides is 1. The first-order valence-corrected chi connectivity index (χ1v) is 6.56. The average molecular weight is 268 g/mol. The summed E-state index contributed by atoms with van der Waals surface area (Å²) in [7, 11) is -3.77. The third kappa shape index (κ3) is 2.43. The highest BCUT2D eigenvalue weighted by Gasteiger charge is 2.18. The van der Waals surface area contributed by atoms with Crippen LogP contribution in [0.2, 0.25) is 0 Å². The van der Waals surface area contributed by atoms with E-state index in [1.54, 1.807) is 19.9 Å². The molecule has 96 valence electrons. The Morgan fingerprint density at radius 3 is 2.61 bits per heavy atom. The van der Waals surface area contributed by atoms with Crippen LogP contribution in [-0.2, 0) is 10.0 Å². The van der Waals surface area contributed by atoms with Crippen LogP contribution in [0, 0.1) is 13.8 Å². The van der Waals surface area contributed by atoms with E-state index in [1.807, 2.05) is 0 Å². The van der Waals surface area contributed by atoms with E-state index in [-0.39, 0.29) is 10.9 Å². The fourth-order valence-corrected chi connectivity index (χ4v) is 2.26. The zero-order chi connectivity index (χ0) is 13.3. The molecule has 0 saturated carbocycles. The minimum Gasteiger partial charge on any atom is -0.398 e. The van der Waals surface area contributed by atoms with Crippen molar-refractivity contribution in [1.82, 2.24) is 10.1 Å². The highest BCUT2D eigenvalue weighted by molar-refractivity contribution is 7.92. The second kappa shape index (κ2) is 4.30. The third-order valence-electron chi connectivity index (χ3n) is 2.31. The zero-order valence-corrected chi connectivity index (χ0v) is 10.7. The molecule has 2 rings (SSSR count). The lowest BCUT2D eigenvalue weighted by atomic mass is 10.2. The van der Waals surface area contributed by atoms with Crippen LogP contribution >= 0.6 is 0 Å². The van der Waals surface area contributed by atoms with Gasteiger partial charge in [-0.2, -0.15) is 4.98 Å². The number of anilines is 2. The maximum absolute atomic E-state index is 12.0. The Morgan fingerprint density at radius 2 is 2.06 bits per heavy atom. The van der Waals surface area contributed by atoms with Gasteiger partial charge in [-0.3, -0.25) is 0 Å². The molecule has 7 nitrogen and oxygen atoms in total. The van der Waals surface area contributed by atoms with E-state index in [9.17, 15) is 8.42 Å². The largest absolute Gasteiger partial charge is 0.398 e. The van der Waals surface area contributed by atoms with Gasteiger partial charge in [-0.25, -0.2) is 13.1 Å². The quantitative estimate of drug-likeness (QED) is 0.805. The molecule has 0 fully saturated rings. The molecule has 0 radical (unpaired) electrons. The van der Waals surface area contributed by atoms with E-state index < -0.39 is 10.0 Å². The van der Waals surface area contributed by atoms with Crippen molar-refractivity contribution in [2.24, 2.45) is 0 Å². The van der Waals surface area contributed by atoms with Crippen molar-refractivity contribution < 1.29 is 12.9 Å². The number of nitrogens with zero attached hydrogens (tertiary/aromatic N) is 2. The van der Waals surface area contributed by atoms with Gasteiger partial charge < -0.3 is 10.3 Å². The van der Waals surface area contributed by atoms with Gasteiger partial charge in [-0.1, -0.05) is 11.2 Å². The van der Waals surface area contributed by atoms with Crippen LogP contribution in [0.4, 0.5) is 11.7 Å². The van der Waals surface area contributed by atoms with Gasteiger partial charge in [-0.15, -0.1) is 0 Å². The van der Waals surface area contributed by atoms with Crippen molar-refractivity contribution in [3.8, 4) is 0 Å². The van der Waals surface area contributed by atoms with Gasteiger partial charge in [0.15, 0.2) is 5.82 Å². The van der Waals surface area contributed by atoms with Crippen LogP contribution < -0.4 is 10.5 Å². The normalized spacial score (nSPS) is 11.4. The molecule has 0 unspecified atom stereocenters. The van der Waals surface area contributed by atoms with Gasteiger partial charge in [0.05, 0.1) is 4.90 Å². The molecule has 2 aromatic rings. The average Bonchev–Trinajstić information content (AvgIpc) is 2.67. The monoisotopic (exact) mass is 268 g/mol. The maximum atomic E-state index is 12.0. The van der Waals surface area contributed by atoms with E-state index >= 15 is 0 Å². The molecule has 18 heavy (non-hydrogen) atoms. The van der Waals surface area contributed by atoms with E-state index in [0.29, 0.717) is 11.5 Å². The molecule has 0 aliphatic heterocycles. The molecule has 1 aromatic heterocycles. The van der Waals surface area contributed by atoms with Crippen LogP contribution in [0.3, 0.4) is 0 Å². The summed E-state index contributed by atoms with van der Waals surface area (Å²) in [6.07, 6.45) is 0. The highest BCUT2D eigenvalue weighted by atomic mass is 32.2. The minimum absolute atomic E-state index is 0.0430. The predicted octanol–water partition coefficient (Wildman–Crippen LogP) is 1.07. The zero-order valence-electron chi connectivity index (χ0n) is 9.84. The summed E-state index contributed by atoms with van der Waals surface area (Å²) in [6.45, 7) is 3.38. The Kier molecular flexibility index (Phi) is 2.95. The van der Waals surface area contributed by atoms with Gasteiger partial charge in [-0.05, 0) is 31.5 Å². The molecule has 1 heterocycles. The number of hydrogen-bond donors (Lipinski definition) is 2. The highest BCUT2D eigenvalue weighted by Crippen LogP contribution is 2.19. The summed E-state index contributed by atoms with van der Waals surface area (Å²) in [5, 5.41) is 3.49. The van der Waals surface area contributed by atoms with Crippen LogP contribution in [-0.4, -0.2) is 18.6 Å². The lowest BCUT2D eigenvalue weighted by molar-refractivity contribution is 0.429. The lowest BCUT2D eigenvalue weighted by Gasteiger charge is -2.06. The summed E-state index contributed by atoms with van der Waals surface area (Å²) in [5.41, 5.74) is 6.88. The van der Waals surface area contributed by atoms with Gasteiger partial charge in [0.25, 0.3) is 10.0 Å². The molecule has 0 saturated heterocycles. The number of hydrogen-bond acceptors (Lipinski definition) is 6. The first-order chi connectivity index (χ1) is 8.38. The Bertz CT molecular complexity index is 678. The Labute approximate surface area is 104 Å². The van der Waals surface area contributed by atoms with Gasteiger partial charge in [0, 0.05) is 5.69 Å². The van der Waals surface area contributed by atoms with E-state index in [4.69, 9.17) is 10.3 Å². The fraction of sp³-hybridized carbons (Fsp3) is 0.200. The second-order valence-corrected chi connectivity index (χ2v) is 5.45. The molecular formula is C10H12N4O3S. The Morgan fingerprint density at radius 1 is 1.33 bits per heavy atom. The minimum atomic E-state index is -3.77. The molecule has 1 aromatic carbocycles. The van der Waals surface area contributed by atoms with Crippen molar-refractivity contribution in [3.05, 3.63) is 29.6 Å². The molecule has 0 spiro atoms. The molecule has 3 N–H and O–H groups in total. The number of benzene rings is 1. The maximum Gasteiger partial charge on any atom is 0.335 e. The number of nitrogen functional groups attached to an aromatic ring is 1. The summed E-state index contributed by atoms with van der Waals surface area (Å²) >= 11 is 0.